The zero-order chi connectivity index (χ0) is 38.0. The van der Waals surface area contributed by atoms with Crippen molar-refractivity contribution in [1.29, 1.82) is 0 Å². The van der Waals surface area contributed by atoms with Crippen molar-refractivity contribution in [3.8, 4) is 0 Å². The molecule has 18 nitrogen and oxygen atoms in total. The van der Waals surface area contributed by atoms with Gasteiger partial charge < -0.3 is 35.5 Å². The Labute approximate surface area is 304 Å². The molecule has 2 aromatic heterocycles. The molecule has 0 aliphatic carbocycles. The lowest BCUT2D eigenvalue weighted by molar-refractivity contribution is -0.143. The van der Waals surface area contributed by atoms with Crippen molar-refractivity contribution < 1.29 is 53.6 Å². The van der Waals surface area contributed by atoms with Gasteiger partial charge in [0.15, 0.2) is 0 Å². The fraction of sp³-hybridized carbons (Fsp3) is 0.375. The van der Waals surface area contributed by atoms with Crippen LogP contribution in [0.5, 0.6) is 0 Å². The highest BCUT2D eigenvalue weighted by atomic mass is 33.1. The molecule has 6 N–H and O–H groups in total. The van der Waals surface area contributed by atoms with E-state index in [4.69, 9.17) is 14.6 Å². The van der Waals surface area contributed by atoms with Gasteiger partial charge >= 0.3 is 29.5 Å². The Balaban J connectivity index is 1.55. The average Bonchev–Trinajstić information content (AvgIpc) is 3.05. The number of hydrogen-bond acceptors (Lipinski definition) is 14. The summed E-state index contributed by atoms with van der Waals surface area (Å²) in [6.07, 6.45) is 1.50. The van der Waals surface area contributed by atoms with Crippen LogP contribution >= 0.6 is 21.6 Å². The Morgan fingerprint density at radius 2 is 1.33 bits per heavy atom. The van der Waals surface area contributed by atoms with E-state index in [1.165, 1.54) is 49.6 Å². The normalized spacial score (nSPS) is 11.2. The smallest absolute Gasteiger partial charge is 0.339 e. The number of amides is 2. The Morgan fingerprint density at radius 3 is 1.92 bits per heavy atom. The lowest BCUT2D eigenvalue weighted by Crippen LogP contribution is -2.46. The molecule has 0 atom stereocenters. The molecule has 0 aliphatic rings. The molecule has 20 heteroatoms. The molecule has 2 heterocycles. The van der Waals surface area contributed by atoms with Crippen molar-refractivity contribution in [3.05, 3.63) is 64.6 Å². The summed E-state index contributed by atoms with van der Waals surface area (Å²) in [4.78, 5) is 91.1. The van der Waals surface area contributed by atoms with Gasteiger partial charge in [-0.3, -0.25) is 43.5 Å². The van der Waals surface area contributed by atoms with Crippen LogP contribution in [-0.4, -0.2) is 147 Å². The van der Waals surface area contributed by atoms with Crippen molar-refractivity contribution in [2.45, 2.75) is 11.4 Å². The first-order valence-corrected chi connectivity index (χ1v) is 18.0. The quantitative estimate of drug-likeness (QED) is 0.0412. The molecule has 1 aromatic carbocycles. The number of aromatic nitrogens is 1. The SMILES string of the molecule is O=C(O)CN(CCN(CC(=O)O)CC(=O)O)CCN(CC(=O)O)CC(=O)Nc1ccc2cc(CC(=O)NCCSSc3ccccn3)c(=O)oc2c1. The van der Waals surface area contributed by atoms with Crippen LogP contribution in [-0.2, 0) is 35.2 Å². The number of carboxylic acid groups (broad SMARTS) is 4. The van der Waals surface area contributed by atoms with Gasteiger partial charge in [-0.1, -0.05) is 16.9 Å². The van der Waals surface area contributed by atoms with E-state index in [9.17, 15) is 43.8 Å². The monoisotopic (exact) mass is 762 g/mol. The number of anilines is 1. The number of aliphatic carboxylic acids is 4. The minimum Gasteiger partial charge on any atom is -0.480 e. The number of rotatable bonds is 24. The Kier molecular flexibility index (Phi) is 17.0. The van der Waals surface area contributed by atoms with E-state index >= 15 is 0 Å². The van der Waals surface area contributed by atoms with Crippen LogP contribution in [0.2, 0.25) is 0 Å². The molecule has 0 saturated carbocycles. The van der Waals surface area contributed by atoms with Crippen molar-refractivity contribution in [3.63, 3.8) is 0 Å². The van der Waals surface area contributed by atoms with Crippen LogP contribution in [0, 0.1) is 0 Å². The number of nitrogens with zero attached hydrogens (tertiary/aromatic N) is 4. The number of hydrogen-bond donors (Lipinski definition) is 6. The van der Waals surface area contributed by atoms with Gasteiger partial charge in [-0.05, 0) is 41.1 Å². The van der Waals surface area contributed by atoms with Gasteiger partial charge in [0.2, 0.25) is 11.8 Å². The molecular weight excluding hydrogens is 725 g/mol. The zero-order valence-corrected chi connectivity index (χ0v) is 29.4. The van der Waals surface area contributed by atoms with Crippen LogP contribution < -0.4 is 16.3 Å². The van der Waals surface area contributed by atoms with Gasteiger partial charge in [0, 0.05) is 67.4 Å². The van der Waals surface area contributed by atoms with E-state index in [1.807, 2.05) is 18.2 Å². The van der Waals surface area contributed by atoms with Crippen LogP contribution in [0.4, 0.5) is 5.69 Å². The number of fused-ring (bicyclic) bond motifs is 1. The van der Waals surface area contributed by atoms with Crippen molar-refractivity contribution >= 4 is 73.9 Å². The molecule has 52 heavy (non-hydrogen) atoms. The van der Waals surface area contributed by atoms with E-state index in [0.29, 0.717) is 17.7 Å². The maximum Gasteiger partial charge on any atom is 0.339 e. The predicted octanol–water partition coefficient (Wildman–Crippen LogP) is 0.470. The lowest BCUT2D eigenvalue weighted by Gasteiger charge is -2.27. The summed E-state index contributed by atoms with van der Waals surface area (Å²) < 4.78 is 5.41. The van der Waals surface area contributed by atoms with E-state index in [0.717, 1.165) is 9.93 Å². The number of nitrogens with one attached hydrogen (secondary N) is 2. The first-order chi connectivity index (χ1) is 24.8. The molecule has 3 rings (SSSR count). The Morgan fingerprint density at radius 1 is 0.731 bits per heavy atom. The summed E-state index contributed by atoms with van der Waals surface area (Å²) in [5, 5.41) is 43.5. The van der Waals surface area contributed by atoms with Crippen molar-refractivity contribution in [2.75, 3.05) is 76.5 Å². The summed E-state index contributed by atoms with van der Waals surface area (Å²) in [5.41, 5.74) is -0.192. The third-order valence-corrected chi connectivity index (χ3v) is 9.27. The zero-order valence-electron chi connectivity index (χ0n) is 27.8. The third kappa shape index (κ3) is 15.9. The first-order valence-electron chi connectivity index (χ1n) is 15.7. The molecule has 280 valence electrons. The molecule has 3 aromatic rings. The van der Waals surface area contributed by atoms with Gasteiger partial charge in [-0.2, -0.15) is 0 Å². The minimum atomic E-state index is -1.26. The van der Waals surface area contributed by atoms with Gasteiger partial charge in [0.05, 0.1) is 39.1 Å². The summed E-state index contributed by atoms with van der Waals surface area (Å²) in [6, 6.07) is 11.6. The van der Waals surface area contributed by atoms with Crippen LogP contribution in [0.3, 0.4) is 0 Å². The molecule has 0 bridgehead atoms. The van der Waals surface area contributed by atoms with Crippen LogP contribution in [0.1, 0.15) is 5.56 Å². The van der Waals surface area contributed by atoms with Crippen LogP contribution in [0.25, 0.3) is 11.0 Å². The van der Waals surface area contributed by atoms with Gasteiger partial charge in [0.25, 0.3) is 0 Å². The maximum atomic E-state index is 12.9. The summed E-state index contributed by atoms with van der Waals surface area (Å²) in [7, 11) is 3.02. The van der Waals surface area contributed by atoms with Crippen molar-refractivity contribution in [2.24, 2.45) is 0 Å². The van der Waals surface area contributed by atoms with Crippen LogP contribution in [0.15, 0.2) is 62.9 Å². The van der Waals surface area contributed by atoms with E-state index in [1.54, 1.807) is 12.3 Å². The standard InChI is InChI=1S/C32H38N6O12S2/c39-25(33-7-12-51-52-27-3-1-2-6-34-27)14-22-13-21-4-5-23(15-24(21)50-32(22)49)35-26(40)16-37(18-29(43)44)10-8-36(17-28(41)42)9-11-38(19-30(45)46)20-31(47)48/h1-6,13,15H,7-12,14,16-20H2,(H,33,39)(H,35,40)(H,41,42)(H,43,44)(H,45,46)(H,47,48). The van der Waals surface area contributed by atoms with E-state index < -0.39 is 68.1 Å². The second-order valence-corrected chi connectivity index (χ2v) is 13.7. The highest BCUT2D eigenvalue weighted by molar-refractivity contribution is 8.76. The van der Waals surface area contributed by atoms with Gasteiger partial charge in [0.1, 0.15) is 10.6 Å². The highest BCUT2D eigenvalue weighted by Gasteiger charge is 2.20. The summed E-state index contributed by atoms with van der Waals surface area (Å²) in [6.45, 7) is -2.49. The number of benzene rings is 1. The minimum absolute atomic E-state index is 0.0354. The largest absolute Gasteiger partial charge is 0.480 e. The van der Waals surface area contributed by atoms with Gasteiger partial charge in [-0.25, -0.2) is 9.78 Å². The second-order valence-electron chi connectivity index (χ2n) is 11.2. The fourth-order valence-electron chi connectivity index (χ4n) is 4.75. The molecule has 0 fully saturated rings. The number of carbonyl (C=O) groups excluding carboxylic acids is 2. The fourth-order valence-corrected chi connectivity index (χ4v) is 6.54. The number of pyridine rings is 1. The number of carboxylic acids is 4. The first kappa shape index (κ1) is 41.4. The third-order valence-electron chi connectivity index (χ3n) is 7.00. The summed E-state index contributed by atoms with van der Waals surface area (Å²) in [5.74, 6) is -5.34. The molecule has 0 radical (unpaired) electrons. The lowest BCUT2D eigenvalue weighted by atomic mass is 10.1. The molecular formula is C32H38N6O12S2. The maximum absolute atomic E-state index is 12.9. The topological polar surface area (TPSA) is 260 Å². The Bertz CT molecular complexity index is 1760. The van der Waals surface area contributed by atoms with Gasteiger partial charge in [-0.15, -0.1) is 0 Å². The molecule has 0 saturated heterocycles. The van der Waals surface area contributed by atoms with E-state index in [-0.39, 0.29) is 55.3 Å². The second kappa shape index (κ2) is 21.4. The molecule has 0 unspecified atom stereocenters. The summed E-state index contributed by atoms with van der Waals surface area (Å²) >= 11 is 0. The molecule has 0 aliphatic heterocycles. The predicted molar refractivity (Wildman–Crippen MR) is 190 cm³/mol. The molecule has 2 amide bonds. The van der Waals surface area contributed by atoms with E-state index in [2.05, 4.69) is 15.6 Å². The average molecular weight is 763 g/mol. The van der Waals surface area contributed by atoms with Crippen molar-refractivity contribution in [1.82, 2.24) is 25.0 Å². The Hall–Kier alpha value is -5.02. The highest BCUT2D eigenvalue weighted by Crippen LogP contribution is 2.28. The number of carbonyl (C=O) groups is 6. The molecule has 0 spiro atoms.